The van der Waals surface area contributed by atoms with Crippen LogP contribution in [0.1, 0.15) is 16.5 Å². The van der Waals surface area contributed by atoms with E-state index in [2.05, 4.69) is 4.98 Å². The highest BCUT2D eigenvalue weighted by molar-refractivity contribution is 7.09. The second kappa shape index (κ2) is 5.09. The number of nitrogens with zero attached hydrogens (tertiary/aromatic N) is 1. The summed E-state index contributed by atoms with van der Waals surface area (Å²) >= 11 is 1.65. The van der Waals surface area contributed by atoms with Crippen LogP contribution >= 0.6 is 11.3 Å². The zero-order valence-electron chi connectivity index (χ0n) is 8.35. The predicted molar refractivity (Wildman–Crippen MR) is 59.0 cm³/mol. The van der Waals surface area contributed by atoms with Crippen molar-refractivity contribution in [2.75, 3.05) is 6.61 Å². The van der Waals surface area contributed by atoms with Gasteiger partial charge in [0, 0.05) is 31.2 Å². The number of hydrogen-bond acceptors (Lipinski definition) is 4. The average Bonchev–Trinajstić information content (AvgIpc) is 2.85. The van der Waals surface area contributed by atoms with Crippen molar-refractivity contribution in [3.63, 3.8) is 0 Å². The van der Waals surface area contributed by atoms with Gasteiger partial charge in [0.25, 0.3) is 0 Å². The van der Waals surface area contributed by atoms with E-state index in [4.69, 9.17) is 9.52 Å². The Kier molecular flexibility index (Phi) is 3.53. The first-order valence-electron chi connectivity index (χ1n) is 4.95. The Morgan fingerprint density at radius 2 is 2.27 bits per heavy atom. The number of aliphatic hydroxyl groups is 1. The first-order valence-corrected chi connectivity index (χ1v) is 5.83. The third-order valence-corrected chi connectivity index (χ3v) is 3.09. The highest BCUT2D eigenvalue weighted by Crippen LogP contribution is 2.13. The Hall–Kier alpha value is -1.13. The van der Waals surface area contributed by atoms with Gasteiger partial charge in [-0.3, -0.25) is 0 Å². The van der Waals surface area contributed by atoms with Crippen molar-refractivity contribution < 1.29 is 9.52 Å². The molecule has 2 rings (SSSR count). The Balaban J connectivity index is 1.88. The third-order valence-electron chi connectivity index (χ3n) is 2.13. The van der Waals surface area contributed by atoms with Crippen LogP contribution in [0.25, 0.3) is 0 Å². The van der Waals surface area contributed by atoms with E-state index in [-0.39, 0.29) is 6.61 Å². The molecule has 0 aromatic carbocycles. The average molecular weight is 223 g/mol. The van der Waals surface area contributed by atoms with Gasteiger partial charge >= 0.3 is 0 Å². The summed E-state index contributed by atoms with van der Waals surface area (Å²) in [4.78, 5) is 4.42. The third kappa shape index (κ3) is 2.91. The topological polar surface area (TPSA) is 46.3 Å². The van der Waals surface area contributed by atoms with E-state index in [1.807, 2.05) is 17.5 Å². The molecule has 3 nitrogen and oxygen atoms in total. The van der Waals surface area contributed by atoms with Gasteiger partial charge in [-0.05, 0) is 12.1 Å². The molecule has 1 N–H and O–H groups in total. The molecule has 0 bridgehead atoms. The van der Waals surface area contributed by atoms with Crippen molar-refractivity contribution in [1.29, 1.82) is 0 Å². The van der Waals surface area contributed by atoms with Gasteiger partial charge < -0.3 is 9.52 Å². The van der Waals surface area contributed by atoms with E-state index in [0.717, 1.165) is 29.3 Å². The molecule has 2 aromatic rings. The summed E-state index contributed by atoms with van der Waals surface area (Å²) in [6.07, 6.45) is 4.13. The molecule has 0 saturated heterocycles. The van der Waals surface area contributed by atoms with Gasteiger partial charge in [-0.1, -0.05) is 0 Å². The normalized spacial score (nSPS) is 10.7. The summed E-state index contributed by atoms with van der Waals surface area (Å²) in [5.74, 6) is 0.994. The standard InChI is InChI=1S/C11H13NO2S/c13-6-5-9-8-15-11(12-9)4-3-10-2-1-7-14-10/h1-2,7-8,13H,3-6H2. The van der Waals surface area contributed by atoms with Gasteiger partial charge in [-0.15, -0.1) is 11.3 Å². The van der Waals surface area contributed by atoms with Crippen LogP contribution in [0.4, 0.5) is 0 Å². The number of thiazole rings is 1. The van der Waals surface area contributed by atoms with Crippen molar-refractivity contribution in [2.45, 2.75) is 19.3 Å². The molecule has 2 aromatic heterocycles. The molecular weight excluding hydrogens is 210 g/mol. The monoisotopic (exact) mass is 223 g/mol. The van der Waals surface area contributed by atoms with Gasteiger partial charge in [0.05, 0.1) is 17.0 Å². The minimum absolute atomic E-state index is 0.168. The molecule has 0 aliphatic rings. The molecule has 0 aliphatic heterocycles. The van der Waals surface area contributed by atoms with Crippen LogP contribution < -0.4 is 0 Å². The number of furan rings is 1. The molecule has 0 saturated carbocycles. The first-order chi connectivity index (χ1) is 7.38. The number of aryl methyl sites for hydroxylation is 2. The van der Waals surface area contributed by atoms with Gasteiger partial charge in [-0.25, -0.2) is 4.98 Å². The Morgan fingerprint density at radius 3 is 3.00 bits per heavy atom. The summed E-state index contributed by atoms with van der Waals surface area (Å²) in [5, 5.41) is 11.9. The molecule has 0 spiro atoms. The second-order valence-electron chi connectivity index (χ2n) is 3.29. The van der Waals surface area contributed by atoms with Crippen molar-refractivity contribution in [2.24, 2.45) is 0 Å². The summed E-state index contributed by atoms with van der Waals surface area (Å²) in [6.45, 7) is 0.168. The van der Waals surface area contributed by atoms with Crippen LogP contribution in [0.2, 0.25) is 0 Å². The van der Waals surface area contributed by atoms with E-state index in [9.17, 15) is 0 Å². The first kappa shape index (κ1) is 10.4. The summed E-state index contributed by atoms with van der Waals surface area (Å²) in [7, 11) is 0. The van der Waals surface area contributed by atoms with Crippen molar-refractivity contribution >= 4 is 11.3 Å². The van der Waals surface area contributed by atoms with Gasteiger partial charge in [0.2, 0.25) is 0 Å². The van der Waals surface area contributed by atoms with Gasteiger partial charge in [-0.2, -0.15) is 0 Å². The van der Waals surface area contributed by atoms with Gasteiger partial charge in [0.1, 0.15) is 5.76 Å². The van der Waals surface area contributed by atoms with Crippen LogP contribution in [0, 0.1) is 0 Å². The fourth-order valence-electron chi connectivity index (χ4n) is 1.38. The maximum atomic E-state index is 8.76. The zero-order chi connectivity index (χ0) is 10.5. The van der Waals surface area contributed by atoms with E-state index < -0.39 is 0 Å². The maximum Gasteiger partial charge on any atom is 0.104 e. The number of aliphatic hydroxyl groups excluding tert-OH is 1. The quantitative estimate of drug-likeness (QED) is 0.844. The maximum absolute atomic E-state index is 8.76. The van der Waals surface area contributed by atoms with Crippen LogP contribution in [0.5, 0.6) is 0 Å². The van der Waals surface area contributed by atoms with Crippen LogP contribution in [0.3, 0.4) is 0 Å². The summed E-state index contributed by atoms with van der Waals surface area (Å²) in [5.41, 5.74) is 0.983. The molecule has 80 valence electrons. The SMILES string of the molecule is OCCc1csc(CCc2ccco2)n1. The molecular formula is C11H13NO2S. The number of hydrogen-bond donors (Lipinski definition) is 1. The molecule has 2 heterocycles. The molecule has 0 fully saturated rings. The molecule has 15 heavy (non-hydrogen) atoms. The second-order valence-corrected chi connectivity index (χ2v) is 4.23. The molecule has 0 aliphatic carbocycles. The van der Waals surface area contributed by atoms with Crippen molar-refractivity contribution in [3.05, 3.63) is 40.2 Å². The Bertz CT molecular complexity index is 394. The lowest BCUT2D eigenvalue weighted by molar-refractivity contribution is 0.298. The van der Waals surface area contributed by atoms with E-state index in [0.29, 0.717) is 6.42 Å². The van der Waals surface area contributed by atoms with Crippen molar-refractivity contribution in [3.8, 4) is 0 Å². The smallest absolute Gasteiger partial charge is 0.104 e. The van der Waals surface area contributed by atoms with Crippen LogP contribution in [-0.4, -0.2) is 16.7 Å². The molecule has 0 unspecified atom stereocenters. The molecule has 0 radical (unpaired) electrons. The van der Waals surface area contributed by atoms with Crippen molar-refractivity contribution in [1.82, 2.24) is 4.98 Å². The predicted octanol–water partition coefficient (Wildman–Crippen LogP) is 2.06. The summed E-state index contributed by atoms with van der Waals surface area (Å²) < 4.78 is 5.25. The van der Waals surface area contributed by atoms with Crippen LogP contribution in [-0.2, 0) is 19.3 Å². The highest BCUT2D eigenvalue weighted by atomic mass is 32.1. The Labute approximate surface area is 92.4 Å². The molecule has 0 atom stereocenters. The minimum Gasteiger partial charge on any atom is -0.469 e. The largest absolute Gasteiger partial charge is 0.469 e. The fourth-order valence-corrected chi connectivity index (χ4v) is 2.21. The van der Waals surface area contributed by atoms with E-state index >= 15 is 0 Å². The number of rotatable bonds is 5. The molecule has 4 heteroatoms. The van der Waals surface area contributed by atoms with E-state index in [1.165, 1.54) is 0 Å². The van der Waals surface area contributed by atoms with Crippen LogP contribution in [0.15, 0.2) is 28.2 Å². The van der Waals surface area contributed by atoms with E-state index in [1.54, 1.807) is 17.6 Å². The summed E-state index contributed by atoms with van der Waals surface area (Å²) in [6, 6.07) is 3.87. The van der Waals surface area contributed by atoms with Gasteiger partial charge in [0.15, 0.2) is 0 Å². The lowest BCUT2D eigenvalue weighted by atomic mass is 10.2. The Morgan fingerprint density at radius 1 is 1.33 bits per heavy atom. The minimum atomic E-state index is 0.168. The molecule has 0 amide bonds. The highest BCUT2D eigenvalue weighted by Gasteiger charge is 2.03. The lowest BCUT2D eigenvalue weighted by Gasteiger charge is -1.93. The number of aromatic nitrogens is 1. The fraction of sp³-hybridized carbons (Fsp3) is 0.364. The zero-order valence-corrected chi connectivity index (χ0v) is 9.17. The lowest BCUT2D eigenvalue weighted by Crippen LogP contribution is -1.93.